The first-order chi connectivity index (χ1) is 10.2. The molecule has 0 spiro atoms. The number of hydrogen-bond donors (Lipinski definition) is 2. The number of methoxy groups -OCH3 is 1. The molecule has 2 amide bonds. The summed E-state index contributed by atoms with van der Waals surface area (Å²) < 4.78 is 6.91. The molecular weight excluding hydrogens is 272 g/mol. The van der Waals surface area contributed by atoms with Crippen molar-refractivity contribution in [3.8, 4) is 0 Å². The van der Waals surface area contributed by atoms with E-state index in [1.54, 1.807) is 25.1 Å². The molecule has 2 rings (SSSR count). The summed E-state index contributed by atoms with van der Waals surface area (Å²) in [6.45, 7) is 2.84. The van der Waals surface area contributed by atoms with Crippen LogP contribution in [0.4, 0.5) is 0 Å². The quantitative estimate of drug-likeness (QED) is 0.752. The van der Waals surface area contributed by atoms with Crippen LogP contribution in [0.15, 0.2) is 18.3 Å². The van der Waals surface area contributed by atoms with Gasteiger partial charge in [-0.15, -0.1) is 0 Å². The van der Waals surface area contributed by atoms with Gasteiger partial charge < -0.3 is 24.8 Å². The highest BCUT2D eigenvalue weighted by Gasteiger charge is 2.32. The van der Waals surface area contributed by atoms with Crippen LogP contribution in [-0.2, 0) is 16.1 Å². The number of carbonyl (C=O) groups excluding carboxylic acids is 2. The van der Waals surface area contributed by atoms with Crippen LogP contribution >= 0.6 is 0 Å². The monoisotopic (exact) mass is 294 g/mol. The molecule has 2 N–H and O–H groups in total. The zero-order valence-electron chi connectivity index (χ0n) is 12.5. The van der Waals surface area contributed by atoms with Gasteiger partial charge in [0.1, 0.15) is 11.7 Å². The molecule has 116 valence electrons. The predicted octanol–water partition coefficient (Wildman–Crippen LogP) is -0.705. The van der Waals surface area contributed by atoms with Crippen LogP contribution in [0.2, 0.25) is 0 Å². The molecule has 0 aliphatic carbocycles. The van der Waals surface area contributed by atoms with Crippen LogP contribution in [0.1, 0.15) is 10.5 Å². The highest BCUT2D eigenvalue weighted by molar-refractivity contribution is 5.96. The van der Waals surface area contributed by atoms with Gasteiger partial charge in [-0.3, -0.25) is 9.59 Å². The Labute approximate surface area is 124 Å². The molecule has 7 heteroatoms. The van der Waals surface area contributed by atoms with Crippen LogP contribution < -0.4 is 10.6 Å². The van der Waals surface area contributed by atoms with Gasteiger partial charge in [-0.25, -0.2) is 0 Å². The molecule has 2 heterocycles. The third-order valence-corrected chi connectivity index (χ3v) is 3.64. The molecule has 1 fully saturated rings. The number of carbonyl (C=O) groups is 2. The molecule has 0 saturated carbocycles. The molecule has 0 aromatic carbocycles. The SMILES string of the molecule is CNC(=O)C1CNCCN1C(=O)c1cccn1CCOC. The van der Waals surface area contributed by atoms with Crippen molar-refractivity contribution in [1.82, 2.24) is 20.1 Å². The van der Waals surface area contributed by atoms with Crippen LogP contribution in [0, 0.1) is 0 Å². The van der Waals surface area contributed by atoms with Crippen LogP contribution in [0.25, 0.3) is 0 Å². The van der Waals surface area contributed by atoms with E-state index < -0.39 is 6.04 Å². The molecule has 0 radical (unpaired) electrons. The van der Waals surface area contributed by atoms with Crippen molar-refractivity contribution in [3.63, 3.8) is 0 Å². The largest absolute Gasteiger partial charge is 0.383 e. The van der Waals surface area contributed by atoms with Gasteiger partial charge in [0.2, 0.25) is 5.91 Å². The molecule has 0 bridgehead atoms. The lowest BCUT2D eigenvalue weighted by Crippen LogP contribution is -2.59. The fraction of sp³-hybridized carbons (Fsp3) is 0.571. The van der Waals surface area contributed by atoms with E-state index in [2.05, 4.69) is 10.6 Å². The number of hydrogen-bond acceptors (Lipinski definition) is 4. The molecule has 7 nitrogen and oxygen atoms in total. The van der Waals surface area contributed by atoms with Gasteiger partial charge in [0.15, 0.2) is 0 Å². The highest BCUT2D eigenvalue weighted by Crippen LogP contribution is 2.12. The Bertz CT molecular complexity index is 500. The van der Waals surface area contributed by atoms with Crippen molar-refractivity contribution in [2.75, 3.05) is 40.4 Å². The van der Waals surface area contributed by atoms with Crippen molar-refractivity contribution in [1.29, 1.82) is 0 Å². The van der Waals surface area contributed by atoms with Crippen molar-refractivity contribution in [2.24, 2.45) is 0 Å². The first-order valence-electron chi connectivity index (χ1n) is 7.06. The Morgan fingerprint density at radius 1 is 1.52 bits per heavy atom. The van der Waals surface area contributed by atoms with Gasteiger partial charge in [0, 0.05) is 46.5 Å². The number of piperazine rings is 1. The van der Waals surface area contributed by atoms with Crippen molar-refractivity contribution < 1.29 is 14.3 Å². The van der Waals surface area contributed by atoms with E-state index in [0.29, 0.717) is 38.5 Å². The Morgan fingerprint density at radius 3 is 3.05 bits per heavy atom. The van der Waals surface area contributed by atoms with E-state index in [9.17, 15) is 9.59 Å². The van der Waals surface area contributed by atoms with Crippen molar-refractivity contribution in [3.05, 3.63) is 24.0 Å². The first kappa shape index (κ1) is 15.5. The van der Waals surface area contributed by atoms with Gasteiger partial charge >= 0.3 is 0 Å². The van der Waals surface area contributed by atoms with Crippen molar-refractivity contribution >= 4 is 11.8 Å². The minimum absolute atomic E-state index is 0.119. The smallest absolute Gasteiger partial charge is 0.271 e. The van der Waals surface area contributed by atoms with E-state index in [4.69, 9.17) is 4.74 Å². The number of nitrogens with one attached hydrogen (secondary N) is 2. The molecular formula is C14H22N4O3. The number of ether oxygens (including phenoxy) is 1. The minimum atomic E-state index is -0.470. The normalized spacial score (nSPS) is 18.6. The summed E-state index contributed by atoms with van der Waals surface area (Å²) in [6.07, 6.45) is 1.85. The molecule has 1 aromatic heterocycles. The van der Waals surface area contributed by atoms with E-state index in [1.807, 2.05) is 16.8 Å². The van der Waals surface area contributed by atoms with Gasteiger partial charge in [-0.1, -0.05) is 0 Å². The third kappa shape index (κ3) is 3.43. The minimum Gasteiger partial charge on any atom is -0.383 e. The standard InChI is InChI=1S/C14H22N4O3/c1-15-13(19)12-10-16-5-7-18(12)14(20)11-4-3-6-17(11)8-9-21-2/h3-4,6,12,16H,5,7-10H2,1-2H3,(H,15,19). The zero-order valence-corrected chi connectivity index (χ0v) is 12.5. The van der Waals surface area contributed by atoms with Gasteiger partial charge in [0.05, 0.1) is 6.61 Å². The molecule has 1 saturated heterocycles. The number of likely N-dealkylation sites (N-methyl/N-ethyl adjacent to an activating group) is 1. The van der Waals surface area contributed by atoms with E-state index in [0.717, 1.165) is 0 Å². The number of nitrogens with zero attached hydrogens (tertiary/aromatic N) is 2. The molecule has 1 aliphatic rings. The zero-order chi connectivity index (χ0) is 15.2. The topological polar surface area (TPSA) is 75.6 Å². The summed E-state index contributed by atoms with van der Waals surface area (Å²) in [6, 6.07) is 3.14. The molecule has 1 aliphatic heterocycles. The van der Waals surface area contributed by atoms with Gasteiger partial charge in [0.25, 0.3) is 5.91 Å². The Kier molecular flexibility index (Phi) is 5.35. The second kappa shape index (κ2) is 7.24. The van der Waals surface area contributed by atoms with E-state index in [-0.39, 0.29) is 11.8 Å². The number of rotatable bonds is 5. The summed E-state index contributed by atoms with van der Waals surface area (Å²) in [4.78, 5) is 26.3. The van der Waals surface area contributed by atoms with Crippen molar-refractivity contribution in [2.45, 2.75) is 12.6 Å². The van der Waals surface area contributed by atoms with E-state index >= 15 is 0 Å². The molecule has 1 unspecified atom stereocenters. The molecule has 1 atom stereocenters. The maximum atomic E-state index is 12.7. The van der Waals surface area contributed by atoms with Crippen LogP contribution in [0.5, 0.6) is 0 Å². The second-order valence-electron chi connectivity index (χ2n) is 4.91. The summed E-state index contributed by atoms with van der Waals surface area (Å²) in [5, 5.41) is 5.76. The van der Waals surface area contributed by atoms with Crippen LogP contribution in [0.3, 0.4) is 0 Å². The predicted molar refractivity (Wildman–Crippen MR) is 78.1 cm³/mol. The lowest BCUT2D eigenvalue weighted by molar-refractivity contribution is -0.125. The second-order valence-corrected chi connectivity index (χ2v) is 4.91. The lowest BCUT2D eigenvalue weighted by atomic mass is 10.1. The average Bonchev–Trinajstić information content (AvgIpc) is 2.99. The van der Waals surface area contributed by atoms with Gasteiger partial charge in [-0.2, -0.15) is 0 Å². The fourth-order valence-corrected chi connectivity index (χ4v) is 2.49. The summed E-state index contributed by atoms with van der Waals surface area (Å²) in [7, 11) is 3.21. The summed E-state index contributed by atoms with van der Waals surface area (Å²) in [5.41, 5.74) is 0.586. The van der Waals surface area contributed by atoms with Crippen LogP contribution in [-0.4, -0.2) is 67.7 Å². The third-order valence-electron chi connectivity index (χ3n) is 3.64. The molecule has 21 heavy (non-hydrogen) atoms. The fourth-order valence-electron chi connectivity index (χ4n) is 2.49. The number of aromatic nitrogens is 1. The summed E-state index contributed by atoms with van der Waals surface area (Å²) in [5.74, 6) is -0.267. The average molecular weight is 294 g/mol. The molecule has 1 aromatic rings. The lowest BCUT2D eigenvalue weighted by Gasteiger charge is -2.35. The highest BCUT2D eigenvalue weighted by atomic mass is 16.5. The maximum absolute atomic E-state index is 12.7. The summed E-state index contributed by atoms with van der Waals surface area (Å²) >= 11 is 0. The van der Waals surface area contributed by atoms with E-state index in [1.165, 1.54) is 0 Å². The first-order valence-corrected chi connectivity index (χ1v) is 7.06. The Balaban J connectivity index is 2.17. The maximum Gasteiger partial charge on any atom is 0.271 e. The van der Waals surface area contributed by atoms with Gasteiger partial charge in [-0.05, 0) is 12.1 Å². The number of amides is 2. The Morgan fingerprint density at radius 2 is 2.33 bits per heavy atom. The Hall–Kier alpha value is -1.86.